The van der Waals surface area contributed by atoms with E-state index in [2.05, 4.69) is 18.2 Å². The van der Waals surface area contributed by atoms with Gasteiger partial charge in [0.15, 0.2) is 0 Å². The highest BCUT2D eigenvalue weighted by Crippen LogP contribution is 2.10. The van der Waals surface area contributed by atoms with Crippen molar-refractivity contribution in [2.24, 2.45) is 0 Å². The Morgan fingerprint density at radius 3 is 1.71 bits per heavy atom. The fourth-order valence-corrected chi connectivity index (χ4v) is 1.73. The fraction of sp³-hybridized carbons (Fsp3) is 0.786. The second kappa shape index (κ2) is 15.7. The third-order valence-corrected chi connectivity index (χ3v) is 2.70. The van der Waals surface area contributed by atoms with Crippen molar-refractivity contribution in [2.45, 2.75) is 71.1 Å². The van der Waals surface area contributed by atoms with Crippen LogP contribution in [0.2, 0.25) is 0 Å². The number of ether oxygens (including phenoxy) is 1. The van der Waals surface area contributed by atoms with Crippen LogP contribution in [-0.4, -0.2) is 34.2 Å². The van der Waals surface area contributed by atoms with Crippen LogP contribution < -0.4 is 0 Å². The molecule has 0 aliphatic heterocycles. The molecule has 0 aromatic carbocycles. The number of esters is 1. The molecule has 0 amide bonds. The van der Waals surface area contributed by atoms with Gasteiger partial charge in [-0.05, 0) is 6.42 Å². The van der Waals surface area contributed by atoms with Crippen LogP contribution in [0.3, 0.4) is 0 Å². The maximum Gasteiger partial charge on any atom is 0.668 e. The number of hydrogen-bond acceptors (Lipinski definition) is 6. The van der Waals surface area contributed by atoms with Gasteiger partial charge in [-0.25, -0.2) is 0 Å². The highest BCUT2D eigenvalue weighted by atomic mass is 28.4. The normalized spacial score (nSPS) is 10.5. The van der Waals surface area contributed by atoms with Crippen molar-refractivity contribution in [3.8, 4) is 0 Å². The van der Waals surface area contributed by atoms with Gasteiger partial charge in [-0.2, -0.15) is 0 Å². The fourth-order valence-electron chi connectivity index (χ4n) is 1.73. The minimum atomic E-state index is -4.61. The first-order chi connectivity index (χ1) is 9.81. The third kappa shape index (κ3) is 32.6. The molecule has 0 saturated heterocycles. The second-order valence-electron chi connectivity index (χ2n) is 4.83. The van der Waals surface area contributed by atoms with E-state index in [9.17, 15) is 4.79 Å². The summed E-state index contributed by atoms with van der Waals surface area (Å²) in [5.74, 6) is -0.155. The molecule has 0 heterocycles. The van der Waals surface area contributed by atoms with E-state index in [-0.39, 0.29) is 5.97 Å². The van der Waals surface area contributed by atoms with Crippen molar-refractivity contribution in [1.82, 2.24) is 0 Å². The number of unbranched alkanes of at least 4 members (excludes halogenated alkanes) is 8. The summed E-state index contributed by atoms with van der Waals surface area (Å²) in [6, 6.07) is 0. The van der Waals surface area contributed by atoms with Crippen LogP contribution in [0.25, 0.3) is 0 Å². The Bertz CT molecular complexity index is 246. The highest BCUT2D eigenvalue weighted by Gasteiger charge is 2.22. The van der Waals surface area contributed by atoms with Crippen molar-refractivity contribution in [3.63, 3.8) is 0 Å². The number of rotatable bonds is 11. The van der Waals surface area contributed by atoms with E-state index in [1.165, 1.54) is 51.2 Å². The quantitative estimate of drug-likeness (QED) is 0.200. The Morgan fingerprint density at radius 1 is 0.952 bits per heavy atom. The first-order valence-corrected chi connectivity index (χ1v) is 9.30. The summed E-state index contributed by atoms with van der Waals surface area (Å²) in [7, 11) is -4.61. The van der Waals surface area contributed by atoms with Gasteiger partial charge in [-0.1, -0.05) is 64.9 Å². The Morgan fingerprint density at radius 2 is 1.33 bits per heavy atom. The van der Waals surface area contributed by atoms with Gasteiger partial charge < -0.3 is 23.9 Å². The predicted octanol–water partition coefficient (Wildman–Crippen LogP) is 1.99. The van der Waals surface area contributed by atoms with Crippen LogP contribution >= 0.6 is 0 Å². The van der Waals surface area contributed by atoms with Crippen LogP contribution in [0.15, 0.2) is 12.8 Å². The average molecular weight is 322 g/mol. The summed E-state index contributed by atoms with van der Waals surface area (Å²) < 4.78 is 4.64. The van der Waals surface area contributed by atoms with Crippen molar-refractivity contribution in [3.05, 3.63) is 12.8 Å². The Kier molecular flexibility index (Phi) is 16.8. The van der Waals surface area contributed by atoms with Gasteiger partial charge in [0.2, 0.25) is 0 Å². The van der Waals surface area contributed by atoms with Crippen LogP contribution in [0.5, 0.6) is 0 Å². The summed E-state index contributed by atoms with van der Waals surface area (Å²) in [6.45, 7) is 5.59. The molecule has 0 atom stereocenters. The summed E-state index contributed by atoms with van der Waals surface area (Å²) >= 11 is 0. The zero-order valence-electron chi connectivity index (χ0n) is 13.0. The van der Waals surface area contributed by atoms with Gasteiger partial charge in [0.05, 0.1) is 6.26 Å². The van der Waals surface area contributed by atoms with Gasteiger partial charge in [-0.3, -0.25) is 4.79 Å². The molecule has 0 spiro atoms. The van der Waals surface area contributed by atoms with Gasteiger partial charge in [0.1, 0.15) is 0 Å². The van der Waals surface area contributed by atoms with E-state index < -0.39 is 9.05 Å². The molecule has 0 bridgehead atoms. The summed E-state index contributed by atoms with van der Waals surface area (Å²) in [5.41, 5.74) is 0. The van der Waals surface area contributed by atoms with Crippen LogP contribution in [0.1, 0.15) is 71.1 Å². The van der Waals surface area contributed by atoms with Gasteiger partial charge in [0, 0.05) is 6.42 Å². The molecule has 0 radical (unpaired) electrons. The minimum Gasteiger partial charge on any atom is -0.435 e. The largest absolute Gasteiger partial charge is 0.668 e. The molecule has 0 rings (SSSR count). The predicted molar refractivity (Wildman–Crippen MR) is 82.8 cm³/mol. The molecule has 0 aliphatic carbocycles. The van der Waals surface area contributed by atoms with Crippen molar-refractivity contribution in [1.29, 1.82) is 0 Å². The summed E-state index contributed by atoms with van der Waals surface area (Å²) in [4.78, 5) is 40.3. The molecular formula is C14H30O6Si. The Balaban J connectivity index is 0. The molecule has 0 saturated carbocycles. The zero-order chi connectivity index (χ0) is 16.6. The molecular weight excluding hydrogens is 292 g/mol. The zero-order valence-corrected chi connectivity index (χ0v) is 14.0. The minimum absolute atomic E-state index is 0.155. The number of carbonyl (C=O) groups excluding carboxylic acids is 1. The molecule has 4 N–H and O–H groups in total. The van der Waals surface area contributed by atoms with E-state index in [0.29, 0.717) is 6.42 Å². The van der Waals surface area contributed by atoms with E-state index in [4.69, 9.17) is 19.2 Å². The molecule has 0 fully saturated rings. The van der Waals surface area contributed by atoms with Crippen molar-refractivity contribution >= 4 is 15.0 Å². The number of hydrogen-bond donors (Lipinski definition) is 4. The SMILES string of the molecule is C=COC(=O)CCCCCCCCCCC.O[Si](O)(O)O. The van der Waals surface area contributed by atoms with Crippen LogP contribution in [0, 0.1) is 0 Å². The monoisotopic (exact) mass is 322 g/mol. The molecule has 6 nitrogen and oxygen atoms in total. The lowest BCUT2D eigenvalue weighted by Gasteiger charge is -2.01. The van der Waals surface area contributed by atoms with E-state index in [1.54, 1.807) is 0 Å². The molecule has 0 unspecified atom stereocenters. The number of carbonyl (C=O) groups is 1. The topological polar surface area (TPSA) is 107 Å². The molecule has 0 aliphatic rings. The maximum absolute atomic E-state index is 11.0. The molecule has 21 heavy (non-hydrogen) atoms. The van der Waals surface area contributed by atoms with Crippen molar-refractivity contribution in [2.75, 3.05) is 0 Å². The summed E-state index contributed by atoms with van der Waals surface area (Å²) in [6.07, 6.45) is 13.1. The molecule has 0 aromatic heterocycles. The van der Waals surface area contributed by atoms with E-state index in [1.807, 2.05) is 0 Å². The second-order valence-corrected chi connectivity index (χ2v) is 6.03. The van der Waals surface area contributed by atoms with Gasteiger partial charge in [0.25, 0.3) is 0 Å². The molecule has 0 aromatic rings. The van der Waals surface area contributed by atoms with E-state index >= 15 is 0 Å². The lowest BCUT2D eigenvalue weighted by molar-refractivity contribution is -0.138. The van der Waals surface area contributed by atoms with E-state index in [0.717, 1.165) is 12.8 Å². The Hall–Kier alpha value is -0.733. The van der Waals surface area contributed by atoms with Gasteiger partial charge >= 0.3 is 15.0 Å². The van der Waals surface area contributed by atoms with Crippen LogP contribution in [-0.2, 0) is 9.53 Å². The molecule has 7 heteroatoms. The smallest absolute Gasteiger partial charge is 0.435 e. The first kappa shape index (κ1) is 22.5. The lowest BCUT2D eigenvalue weighted by Crippen LogP contribution is -2.33. The maximum atomic E-state index is 11.0. The summed E-state index contributed by atoms with van der Waals surface area (Å²) in [5, 5.41) is 0. The van der Waals surface area contributed by atoms with Crippen molar-refractivity contribution < 1.29 is 28.7 Å². The molecule has 126 valence electrons. The van der Waals surface area contributed by atoms with Gasteiger partial charge in [-0.15, -0.1) is 0 Å². The average Bonchev–Trinajstić information content (AvgIpc) is 2.35. The highest BCUT2D eigenvalue weighted by molar-refractivity contribution is 6.46. The standard InChI is InChI=1S/C14H26O2.H4O4Si/c1-3-5-6-7-8-9-10-11-12-13-14(15)16-4-2;1-5(2,3)4/h4H,2-3,5-13H2,1H3;1-4H. The third-order valence-electron chi connectivity index (χ3n) is 2.70. The lowest BCUT2D eigenvalue weighted by atomic mass is 10.1. The Labute approximate surface area is 128 Å². The van der Waals surface area contributed by atoms with Crippen LogP contribution in [0.4, 0.5) is 0 Å². The first-order valence-electron chi connectivity index (χ1n) is 7.51.